The van der Waals surface area contributed by atoms with Gasteiger partial charge in [0.25, 0.3) is 0 Å². The van der Waals surface area contributed by atoms with Gasteiger partial charge in [0, 0.05) is 24.6 Å². The molecule has 1 aliphatic rings. The normalized spacial score (nSPS) is 18.5. The van der Waals surface area contributed by atoms with Gasteiger partial charge in [-0.25, -0.2) is 0 Å². The SMILES string of the molecule is CCc1ccccc1N1CC(c2nc(C(C)C)no2)CC1=O. The molecule has 1 aliphatic heterocycles. The number of aryl methyl sites for hydroxylation is 1. The van der Waals surface area contributed by atoms with Gasteiger partial charge in [-0.2, -0.15) is 4.98 Å². The fourth-order valence-corrected chi connectivity index (χ4v) is 2.83. The van der Waals surface area contributed by atoms with Gasteiger partial charge in [0.1, 0.15) is 0 Å². The number of amides is 1. The van der Waals surface area contributed by atoms with Crippen molar-refractivity contribution < 1.29 is 9.32 Å². The predicted octanol–water partition coefficient (Wildman–Crippen LogP) is 3.28. The second-order valence-electron chi connectivity index (χ2n) is 6.03. The van der Waals surface area contributed by atoms with E-state index in [1.807, 2.05) is 36.9 Å². The van der Waals surface area contributed by atoms with Crippen molar-refractivity contribution in [2.24, 2.45) is 0 Å². The van der Waals surface area contributed by atoms with Crippen LogP contribution in [0.2, 0.25) is 0 Å². The lowest BCUT2D eigenvalue weighted by Crippen LogP contribution is -2.25. The highest BCUT2D eigenvalue weighted by Gasteiger charge is 2.35. The van der Waals surface area contributed by atoms with Crippen LogP contribution in [-0.2, 0) is 11.2 Å². The van der Waals surface area contributed by atoms with Crippen molar-refractivity contribution in [3.63, 3.8) is 0 Å². The van der Waals surface area contributed by atoms with E-state index in [-0.39, 0.29) is 17.7 Å². The fourth-order valence-electron chi connectivity index (χ4n) is 2.83. The van der Waals surface area contributed by atoms with Crippen molar-refractivity contribution in [2.75, 3.05) is 11.4 Å². The third-order valence-corrected chi connectivity index (χ3v) is 4.11. The van der Waals surface area contributed by atoms with Crippen LogP contribution in [0.3, 0.4) is 0 Å². The van der Waals surface area contributed by atoms with Gasteiger partial charge in [-0.05, 0) is 18.1 Å². The highest BCUT2D eigenvalue weighted by molar-refractivity contribution is 5.97. The molecule has 1 aromatic carbocycles. The maximum absolute atomic E-state index is 12.4. The molecule has 1 fully saturated rings. The van der Waals surface area contributed by atoms with E-state index in [9.17, 15) is 4.79 Å². The first kappa shape index (κ1) is 14.8. The van der Waals surface area contributed by atoms with E-state index >= 15 is 0 Å². The summed E-state index contributed by atoms with van der Waals surface area (Å²) in [6.45, 7) is 6.76. The number of benzene rings is 1. The quantitative estimate of drug-likeness (QED) is 0.869. The average Bonchev–Trinajstić information content (AvgIpc) is 3.14. The van der Waals surface area contributed by atoms with Crippen LogP contribution in [-0.4, -0.2) is 22.6 Å². The van der Waals surface area contributed by atoms with Crippen LogP contribution in [0.1, 0.15) is 56.3 Å². The molecule has 0 aliphatic carbocycles. The molecule has 1 aromatic heterocycles. The largest absolute Gasteiger partial charge is 0.339 e. The smallest absolute Gasteiger partial charge is 0.232 e. The van der Waals surface area contributed by atoms with E-state index < -0.39 is 0 Å². The van der Waals surface area contributed by atoms with Crippen LogP contribution >= 0.6 is 0 Å². The molecule has 2 aromatic rings. The summed E-state index contributed by atoms with van der Waals surface area (Å²) in [5.74, 6) is 1.61. The van der Waals surface area contributed by atoms with Crippen LogP contribution in [0.5, 0.6) is 0 Å². The maximum Gasteiger partial charge on any atom is 0.232 e. The minimum absolute atomic E-state index is 0.0163. The zero-order valence-electron chi connectivity index (χ0n) is 13.2. The Morgan fingerprint density at radius 3 is 2.82 bits per heavy atom. The lowest BCUT2D eigenvalue weighted by molar-refractivity contribution is -0.117. The Morgan fingerprint density at radius 1 is 1.36 bits per heavy atom. The lowest BCUT2D eigenvalue weighted by Gasteiger charge is -2.19. The highest BCUT2D eigenvalue weighted by atomic mass is 16.5. The van der Waals surface area contributed by atoms with E-state index in [2.05, 4.69) is 23.1 Å². The summed E-state index contributed by atoms with van der Waals surface area (Å²) in [7, 11) is 0. The summed E-state index contributed by atoms with van der Waals surface area (Å²) in [4.78, 5) is 18.7. The minimum atomic E-state index is -0.0163. The molecule has 0 bridgehead atoms. The summed E-state index contributed by atoms with van der Waals surface area (Å²) >= 11 is 0. The lowest BCUT2D eigenvalue weighted by atomic mass is 10.1. The van der Waals surface area contributed by atoms with E-state index in [1.165, 1.54) is 5.56 Å². The number of anilines is 1. The molecule has 5 heteroatoms. The highest BCUT2D eigenvalue weighted by Crippen LogP contribution is 2.33. The number of para-hydroxylation sites is 1. The minimum Gasteiger partial charge on any atom is -0.339 e. The van der Waals surface area contributed by atoms with Gasteiger partial charge in [-0.1, -0.05) is 44.1 Å². The first-order valence-electron chi connectivity index (χ1n) is 7.82. The van der Waals surface area contributed by atoms with E-state index in [0.717, 1.165) is 12.1 Å². The molecule has 0 saturated carbocycles. The van der Waals surface area contributed by atoms with Crippen molar-refractivity contribution in [2.45, 2.75) is 45.4 Å². The van der Waals surface area contributed by atoms with Crippen LogP contribution < -0.4 is 4.90 Å². The molecule has 0 N–H and O–H groups in total. The first-order chi connectivity index (χ1) is 10.6. The number of aromatic nitrogens is 2. The molecule has 1 amide bonds. The summed E-state index contributed by atoms with van der Waals surface area (Å²) < 4.78 is 5.36. The molecule has 1 atom stereocenters. The van der Waals surface area contributed by atoms with E-state index in [0.29, 0.717) is 24.7 Å². The Morgan fingerprint density at radius 2 is 2.14 bits per heavy atom. The Balaban J connectivity index is 1.83. The van der Waals surface area contributed by atoms with Crippen LogP contribution in [0.4, 0.5) is 5.69 Å². The van der Waals surface area contributed by atoms with Gasteiger partial charge in [-0.3, -0.25) is 4.79 Å². The summed E-state index contributed by atoms with van der Waals surface area (Å²) in [5.41, 5.74) is 2.19. The number of carbonyl (C=O) groups is 1. The third-order valence-electron chi connectivity index (χ3n) is 4.11. The molecule has 0 spiro atoms. The van der Waals surface area contributed by atoms with Crippen molar-refractivity contribution in [1.82, 2.24) is 10.1 Å². The standard InChI is InChI=1S/C17H21N3O2/c1-4-12-7-5-6-8-14(12)20-10-13(9-15(20)21)17-18-16(11(2)3)19-22-17/h5-8,11,13H,4,9-10H2,1-3H3. The second kappa shape index (κ2) is 5.91. The van der Waals surface area contributed by atoms with Gasteiger partial charge >= 0.3 is 0 Å². The van der Waals surface area contributed by atoms with Crippen molar-refractivity contribution in [1.29, 1.82) is 0 Å². The topological polar surface area (TPSA) is 59.2 Å². The van der Waals surface area contributed by atoms with Crippen molar-refractivity contribution in [3.8, 4) is 0 Å². The second-order valence-corrected chi connectivity index (χ2v) is 6.03. The van der Waals surface area contributed by atoms with Crippen LogP contribution in [0, 0.1) is 0 Å². The molecular weight excluding hydrogens is 278 g/mol. The van der Waals surface area contributed by atoms with Gasteiger partial charge in [-0.15, -0.1) is 0 Å². The average molecular weight is 299 g/mol. The Labute approximate surface area is 130 Å². The monoisotopic (exact) mass is 299 g/mol. The number of rotatable bonds is 4. The number of hydrogen-bond donors (Lipinski definition) is 0. The molecule has 116 valence electrons. The summed E-state index contributed by atoms with van der Waals surface area (Å²) in [6.07, 6.45) is 1.33. The van der Waals surface area contributed by atoms with Gasteiger partial charge in [0.2, 0.25) is 11.8 Å². The first-order valence-corrected chi connectivity index (χ1v) is 7.82. The molecule has 22 heavy (non-hydrogen) atoms. The molecule has 2 heterocycles. The van der Waals surface area contributed by atoms with Crippen LogP contribution in [0.25, 0.3) is 0 Å². The predicted molar refractivity (Wildman–Crippen MR) is 83.9 cm³/mol. The molecule has 1 saturated heterocycles. The Kier molecular flexibility index (Phi) is 3.96. The zero-order valence-corrected chi connectivity index (χ0v) is 13.2. The molecule has 5 nitrogen and oxygen atoms in total. The van der Waals surface area contributed by atoms with E-state index in [1.54, 1.807) is 0 Å². The van der Waals surface area contributed by atoms with Crippen molar-refractivity contribution in [3.05, 3.63) is 41.5 Å². The van der Waals surface area contributed by atoms with Crippen molar-refractivity contribution >= 4 is 11.6 Å². The molecule has 1 unspecified atom stereocenters. The number of carbonyl (C=O) groups excluding carboxylic acids is 1. The fraction of sp³-hybridized carbons (Fsp3) is 0.471. The number of hydrogen-bond acceptors (Lipinski definition) is 4. The third kappa shape index (κ3) is 2.63. The zero-order chi connectivity index (χ0) is 15.7. The summed E-state index contributed by atoms with van der Waals surface area (Å²) in [6, 6.07) is 8.05. The molecular formula is C17H21N3O2. The maximum atomic E-state index is 12.4. The van der Waals surface area contributed by atoms with Crippen LogP contribution in [0.15, 0.2) is 28.8 Å². The van der Waals surface area contributed by atoms with Gasteiger partial charge in [0.15, 0.2) is 5.82 Å². The Hall–Kier alpha value is -2.17. The van der Waals surface area contributed by atoms with Gasteiger partial charge in [0.05, 0.1) is 5.92 Å². The number of nitrogens with zero attached hydrogens (tertiary/aromatic N) is 3. The summed E-state index contributed by atoms with van der Waals surface area (Å²) in [5, 5.41) is 4.00. The van der Waals surface area contributed by atoms with Gasteiger partial charge < -0.3 is 9.42 Å². The Bertz CT molecular complexity index is 678. The molecule has 0 radical (unpaired) electrons. The van der Waals surface area contributed by atoms with E-state index in [4.69, 9.17) is 4.52 Å². The molecule has 3 rings (SSSR count).